The van der Waals surface area contributed by atoms with Crippen LogP contribution in [0, 0.1) is 0 Å². The number of nitrogens with one attached hydrogen (secondary N) is 1. The monoisotopic (exact) mass is 502 g/mol. The summed E-state index contributed by atoms with van der Waals surface area (Å²) in [6.45, 7) is 5.29. The highest BCUT2D eigenvalue weighted by molar-refractivity contribution is 5.89. The fraction of sp³-hybridized carbons (Fsp3) is 0.300. The number of carboxylic acid groups (broad SMARTS) is 1. The van der Waals surface area contributed by atoms with Gasteiger partial charge in [-0.2, -0.15) is 0 Å². The van der Waals surface area contributed by atoms with Crippen LogP contribution in [0.25, 0.3) is 0 Å². The Bertz CT molecular complexity index is 1160. The van der Waals surface area contributed by atoms with Gasteiger partial charge in [0.1, 0.15) is 17.7 Å². The maximum Gasteiger partial charge on any atom is 0.408 e. The van der Waals surface area contributed by atoms with Crippen molar-refractivity contribution in [2.45, 2.75) is 57.8 Å². The van der Waals surface area contributed by atoms with Gasteiger partial charge in [0.05, 0.1) is 0 Å². The number of carboxylic acids is 1. The first-order valence-electron chi connectivity index (χ1n) is 12.3. The highest BCUT2D eigenvalue weighted by Crippen LogP contribution is 2.18. The summed E-state index contributed by atoms with van der Waals surface area (Å²) in [7, 11) is 0. The number of carbonyl (C=O) groups is 3. The molecule has 3 aromatic rings. The smallest absolute Gasteiger partial charge is 0.408 e. The average Bonchev–Trinajstić information content (AvgIpc) is 2.86. The van der Waals surface area contributed by atoms with Crippen LogP contribution in [0.3, 0.4) is 0 Å². The number of nitrogens with zero attached hydrogens (tertiary/aromatic N) is 1. The third kappa shape index (κ3) is 8.79. The molecular weight excluding hydrogens is 468 g/mol. The molecular formula is C30H34N2O5. The van der Waals surface area contributed by atoms with Gasteiger partial charge >= 0.3 is 12.1 Å². The predicted octanol–water partition coefficient (Wildman–Crippen LogP) is 4.85. The molecule has 0 saturated carbocycles. The molecule has 2 atom stereocenters. The van der Waals surface area contributed by atoms with Gasteiger partial charge in [0.15, 0.2) is 0 Å². The van der Waals surface area contributed by atoms with Gasteiger partial charge < -0.3 is 20.1 Å². The third-order valence-electron chi connectivity index (χ3n) is 5.68. The number of amides is 2. The summed E-state index contributed by atoms with van der Waals surface area (Å²) in [5.41, 5.74) is 1.64. The molecule has 0 fully saturated rings. The van der Waals surface area contributed by atoms with Gasteiger partial charge in [0.2, 0.25) is 5.91 Å². The Kier molecular flexibility index (Phi) is 9.44. The largest absolute Gasteiger partial charge is 0.480 e. The summed E-state index contributed by atoms with van der Waals surface area (Å²) in [5, 5.41) is 12.9. The van der Waals surface area contributed by atoms with Crippen molar-refractivity contribution in [1.29, 1.82) is 0 Å². The molecule has 7 heteroatoms. The number of rotatable bonds is 10. The summed E-state index contributed by atoms with van der Waals surface area (Å²) in [6.07, 6.45) is -0.433. The number of hydrogen-bond acceptors (Lipinski definition) is 4. The van der Waals surface area contributed by atoms with Crippen molar-refractivity contribution in [1.82, 2.24) is 10.2 Å². The maximum atomic E-state index is 14.1. The van der Waals surface area contributed by atoms with Gasteiger partial charge in [-0.1, -0.05) is 91.0 Å². The van der Waals surface area contributed by atoms with E-state index in [4.69, 9.17) is 4.74 Å². The Labute approximate surface area is 218 Å². The van der Waals surface area contributed by atoms with Gasteiger partial charge in [-0.05, 0) is 37.5 Å². The van der Waals surface area contributed by atoms with Crippen LogP contribution in [0.5, 0.6) is 0 Å². The van der Waals surface area contributed by atoms with E-state index >= 15 is 0 Å². The van der Waals surface area contributed by atoms with Crippen molar-refractivity contribution in [3.05, 3.63) is 108 Å². The van der Waals surface area contributed by atoms with E-state index in [2.05, 4.69) is 5.32 Å². The second-order valence-electron chi connectivity index (χ2n) is 9.88. The minimum Gasteiger partial charge on any atom is -0.480 e. The zero-order chi connectivity index (χ0) is 26.8. The normalized spacial score (nSPS) is 12.7. The number of ether oxygens (including phenoxy) is 1. The van der Waals surface area contributed by atoms with E-state index in [1.807, 2.05) is 91.0 Å². The summed E-state index contributed by atoms with van der Waals surface area (Å²) in [6, 6.07) is 25.5. The first-order valence-corrected chi connectivity index (χ1v) is 12.3. The molecule has 3 aromatic carbocycles. The lowest BCUT2D eigenvalue weighted by Crippen LogP contribution is -2.55. The Morgan fingerprint density at radius 3 is 1.70 bits per heavy atom. The molecule has 2 unspecified atom stereocenters. The maximum absolute atomic E-state index is 14.1. The Morgan fingerprint density at radius 1 is 0.784 bits per heavy atom. The SMILES string of the molecule is CC(C)(C)OC(=O)NC(Cc1ccccc1)C(=O)N(Cc1ccccc1)C(Cc1ccccc1)C(=O)O. The molecule has 0 aliphatic rings. The average molecular weight is 503 g/mol. The molecule has 7 nitrogen and oxygen atoms in total. The van der Waals surface area contributed by atoms with Gasteiger partial charge in [0, 0.05) is 19.4 Å². The first kappa shape index (κ1) is 27.5. The number of hydrogen-bond donors (Lipinski definition) is 2. The Balaban J connectivity index is 1.98. The molecule has 0 aromatic heterocycles. The molecule has 0 saturated heterocycles. The van der Waals surface area contributed by atoms with Crippen molar-refractivity contribution in [3.8, 4) is 0 Å². The van der Waals surface area contributed by atoms with Crippen molar-refractivity contribution in [2.24, 2.45) is 0 Å². The number of benzene rings is 3. The van der Waals surface area contributed by atoms with Crippen molar-refractivity contribution in [2.75, 3.05) is 0 Å². The van der Waals surface area contributed by atoms with Crippen LogP contribution in [-0.4, -0.2) is 45.7 Å². The minimum atomic E-state index is -1.14. The van der Waals surface area contributed by atoms with E-state index in [-0.39, 0.29) is 19.4 Å². The molecule has 0 heterocycles. The summed E-state index contributed by atoms with van der Waals surface area (Å²) in [4.78, 5) is 40.7. The summed E-state index contributed by atoms with van der Waals surface area (Å²) < 4.78 is 5.42. The molecule has 0 spiro atoms. The summed E-state index contributed by atoms with van der Waals surface area (Å²) in [5.74, 6) is -1.62. The van der Waals surface area contributed by atoms with E-state index in [9.17, 15) is 19.5 Å². The molecule has 37 heavy (non-hydrogen) atoms. The van der Waals surface area contributed by atoms with Crippen LogP contribution in [0.4, 0.5) is 4.79 Å². The van der Waals surface area contributed by atoms with Gasteiger partial charge in [-0.3, -0.25) is 4.79 Å². The van der Waals surface area contributed by atoms with Crippen LogP contribution in [0.1, 0.15) is 37.5 Å². The fourth-order valence-corrected chi connectivity index (χ4v) is 3.99. The lowest BCUT2D eigenvalue weighted by Gasteiger charge is -2.33. The first-order chi connectivity index (χ1) is 17.6. The highest BCUT2D eigenvalue weighted by atomic mass is 16.6. The molecule has 2 N–H and O–H groups in total. The van der Waals surface area contributed by atoms with E-state index < -0.39 is 35.7 Å². The van der Waals surface area contributed by atoms with Crippen molar-refractivity contribution < 1.29 is 24.2 Å². The van der Waals surface area contributed by atoms with Crippen LogP contribution >= 0.6 is 0 Å². The number of aliphatic carboxylic acids is 1. The zero-order valence-electron chi connectivity index (χ0n) is 21.5. The van der Waals surface area contributed by atoms with Crippen LogP contribution < -0.4 is 5.32 Å². The fourth-order valence-electron chi connectivity index (χ4n) is 3.99. The van der Waals surface area contributed by atoms with Gasteiger partial charge in [-0.15, -0.1) is 0 Å². The van der Waals surface area contributed by atoms with Crippen LogP contribution in [-0.2, 0) is 33.7 Å². The standard InChI is InChI=1S/C30H34N2O5/c1-30(2,3)37-29(36)31-25(19-22-13-7-4-8-14-22)27(33)32(21-24-17-11-6-12-18-24)26(28(34)35)20-23-15-9-5-10-16-23/h4-18,25-26H,19-21H2,1-3H3,(H,31,36)(H,34,35). The van der Waals surface area contributed by atoms with E-state index in [1.54, 1.807) is 20.8 Å². The van der Waals surface area contributed by atoms with Gasteiger partial charge in [0.25, 0.3) is 0 Å². The predicted molar refractivity (Wildman–Crippen MR) is 142 cm³/mol. The summed E-state index contributed by atoms with van der Waals surface area (Å²) >= 11 is 0. The molecule has 3 rings (SSSR count). The van der Waals surface area contributed by atoms with E-state index in [0.717, 1.165) is 16.7 Å². The van der Waals surface area contributed by atoms with E-state index in [0.29, 0.717) is 0 Å². The molecule has 2 amide bonds. The second-order valence-corrected chi connectivity index (χ2v) is 9.88. The molecule has 0 aliphatic carbocycles. The topological polar surface area (TPSA) is 95.9 Å². The van der Waals surface area contributed by atoms with Gasteiger partial charge in [-0.25, -0.2) is 9.59 Å². The molecule has 0 aliphatic heterocycles. The molecule has 0 bridgehead atoms. The number of alkyl carbamates (subject to hydrolysis) is 1. The Morgan fingerprint density at radius 2 is 1.24 bits per heavy atom. The Hall–Kier alpha value is -4.13. The van der Waals surface area contributed by atoms with Crippen LogP contribution in [0.15, 0.2) is 91.0 Å². The minimum absolute atomic E-state index is 0.0742. The second kappa shape index (κ2) is 12.7. The van der Waals surface area contributed by atoms with E-state index in [1.165, 1.54) is 4.90 Å². The lowest BCUT2D eigenvalue weighted by molar-refractivity contribution is -0.151. The van der Waals surface area contributed by atoms with Crippen LogP contribution in [0.2, 0.25) is 0 Å². The number of carbonyl (C=O) groups excluding carboxylic acids is 2. The zero-order valence-corrected chi connectivity index (χ0v) is 21.5. The quantitative estimate of drug-likeness (QED) is 0.413. The third-order valence-corrected chi connectivity index (χ3v) is 5.68. The van der Waals surface area contributed by atoms with Crippen molar-refractivity contribution >= 4 is 18.0 Å². The molecule has 0 radical (unpaired) electrons. The molecule has 194 valence electrons. The lowest BCUT2D eigenvalue weighted by atomic mass is 10.00. The van der Waals surface area contributed by atoms with Crippen molar-refractivity contribution in [3.63, 3.8) is 0 Å². The highest BCUT2D eigenvalue weighted by Gasteiger charge is 2.35.